The normalized spacial score (nSPS) is 35.8. The molecule has 2 fully saturated rings. The van der Waals surface area contributed by atoms with E-state index in [9.17, 15) is 5.11 Å². The van der Waals surface area contributed by atoms with E-state index in [1.165, 1.54) is 5.56 Å². The number of nitrogens with one attached hydrogen (secondary N) is 2. The van der Waals surface area contributed by atoms with E-state index < -0.39 is 0 Å². The highest BCUT2D eigenvalue weighted by Gasteiger charge is 2.55. The molecule has 0 saturated carbocycles. The summed E-state index contributed by atoms with van der Waals surface area (Å²) in [4.78, 5) is 0. The van der Waals surface area contributed by atoms with Crippen molar-refractivity contribution in [1.29, 1.82) is 0 Å². The zero-order chi connectivity index (χ0) is 8.89. The standard InChI is InChI=1S/C10H12N2O/c13-8-3-1-2-7(4-8)10(6-12-10)9-5-11-9/h1-4,9,11-13H,5-6H2. The van der Waals surface area contributed by atoms with Crippen LogP contribution < -0.4 is 10.6 Å². The smallest absolute Gasteiger partial charge is 0.115 e. The maximum atomic E-state index is 9.36. The van der Waals surface area contributed by atoms with Crippen LogP contribution in [0.5, 0.6) is 5.75 Å². The van der Waals surface area contributed by atoms with Crippen molar-refractivity contribution in [2.75, 3.05) is 13.1 Å². The maximum Gasteiger partial charge on any atom is 0.115 e. The first-order valence-electron chi connectivity index (χ1n) is 4.59. The van der Waals surface area contributed by atoms with Crippen LogP contribution in [-0.2, 0) is 5.54 Å². The van der Waals surface area contributed by atoms with Gasteiger partial charge in [0.1, 0.15) is 5.75 Å². The zero-order valence-electron chi connectivity index (χ0n) is 7.25. The molecule has 1 aromatic rings. The number of rotatable bonds is 2. The Bertz CT molecular complexity index is 343. The van der Waals surface area contributed by atoms with Crippen LogP contribution in [-0.4, -0.2) is 24.2 Å². The van der Waals surface area contributed by atoms with Crippen molar-refractivity contribution in [3.63, 3.8) is 0 Å². The molecule has 0 aromatic heterocycles. The SMILES string of the molecule is Oc1cccc(C2(C3CN3)CN2)c1. The van der Waals surface area contributed by atoms with Gasteiger partial charge in [-0.05, 0) is 17.7 Å². The highest BCUT2D eigenvalue weighted by atomic mass is 16.3. The molecular formula is C10H12N2O. The van der Waals surface area contributed by atoms with Gasteiger partial charge in [-0.25, -0.2) is 0 Å². The van der Waals surface area contributed by atoms with Gasteiger partial charge < -0.3 is 15.7 Å². The summed E-state index contributed by atoms with van der Waals surface area (Å²) in [5, 5.41) is 16.0. The van der Waals surface area contributed by atoms with E-state index in [0.29, 0.717) is 11.8 Å². The summed E-state index contributed by atoms with van der Waals surface area (Å²) in [7, 11) is 0. The summed E-state index contributed by atoms with van der Waals surface area (Å²) in [5.74, 6) is 0.353. The lowest BCUT2D eigenvalue weighted by atomic mass is 9.95. The fourth-order valence-electron chi connectivity index (χ4n) is 1.94. The third-order valence-electron chi connectivity index (χ3n) is 2.92. The molecular weight excluding hydrogens is 164 g/mol. The lowest BCUT2D eigenvalue weighted by Crippen LogP contribution is -2.22. The highest BCUT2D eigenvalue weighted by molar-refractivity contribution is 5.40. The van der Waals surface area contributed by atoms with Crippen molar-refractivity contribution in [1.82, 2.24) is 10.6 Å². The Kier molecular flexibility index (Phi) is 1.27. The number of phenols is 1. The van der Waals surface area contributed by atoms with Crippen LogP contribution in [0.15, 0.2) is 24.3 Å². The Morgan fingerprint density at radius 2 is 2.23 bits per heavy atom. The van der Waals surface area contributed by atoms with Crippen molar-refractivity contribution < 1.29 is 5.11 Å². The molecule has 2 atom stereocenters. The Balaban J connectivity index is 1.99. The minimum Gasteiger partial charge on any atom is -0.508 e. The molecule has 2 unspecified atom stereocenters. The van der Waals surface area contributed by atoms with Gasteiger partial charge in [-0.15, -0.1) is 0 Å². The van der Waals surface area contributed by atoms with Crippen molar-refractivity contribution in [2.45, 2.75) is 11.6 Å². The third kappa shape index (κ3) is 1.04. The lowest BCUT2D eigenvalue weighted by Gasteiger charge is -2.11. The lowest BCUT2D eigenvalue weighted by molar-refractivity contribution is 0.473. The molecule has 2 aliphatic rings. The molecule has 13 heavy (non-hydrogen) atoms. The molecule has 0 spiro atoms. The quantitative estimate of drug-likeness (QED) is 0.562. The second kappa shape index (κ2) is 2.25. The zero-order valence-corrected chi connectivity index (χ0v) is 7.25. The van der Waals surface area contributed by atoms with E-state index in [-0.39, 0.29) is 5.54 Å². The van der Waals surface area contributed by atoms with Crippen LogP contribution in [0.3, 0.4) is 0 Å². The predicted molar refractivity (Wildman–Crippen MR) is 49.6 cm³/mol. The van der Waals surface area contributed by atoms with Crippen molar-refractivity contribution in [3.8, 4) is 5.75 Å². The van der Waals surface area contributed by atoms with Crippen LogP contribution >= 0.6 is 0 Å². The minimum atomic E-state index is 0.124. The number of hydrogen-bond donors (Lipinski definition) is 3. The van der Waals surface area contributed by atoms with E-state index >= 15 is 0 Å². The van der Waals surface area contributed by atoms with E-state index in [2.05, 4.69) is 16.7 Å². The van der Waals surface area contributed by atoms with Gasteiger partial charge in [0.2, 0.25) is 0 Å². The first-order chi connectivity index (χ1) is 6.31. The van der Waals surface area contributed by atoms with E-state index in [1.54, 1.807) is 6.07 Å². The molecule has 0 aliphatic carbocycles. The summed E-state index contributed by atoms with van der Waals surface area (Å²) in [6, 6.07) is 8.09. The first kappa shape index (κ1) is 7.35. The highest BCUT2D eigenvalue weighted by Crippen LogP contribution is 2.38. The van der Waals surface area contributed by atoms with Crippen molar-refractivity contribution >= 4 is 0 Å². The van der Waals surface area contributed by atoms with E-state index in [4.69, 9.17) is 0 Å². The fourth-order valence-corrected chi connectivity index (χ4v) is 1.94. The molecule has 0 radical (unpaired) electrons. The van der Waals surface area contributed by atoms with Crippen LogP contribution in [0.4, 0.5) is 0 Å². The van der Waals surface area contributed by atoms with Gasteiger partial charge in [0, 0.05) is 19.1 Å². The molecule has 2 saturated heterocycles. The molecule has 2 heterocycles. The minimum absolute atomic E-state index is 0.124. The maximum absolute atomic E-state index is 9.36. The number of aromatic hydroxyl groups is 1. The molecule has 3 N–H and O–H groups in total. The first-order valence-corrected chi connectivity index (χ1v) is 4.59. The Morgan fingerprint density at radius 3 is 2.77 bits per heavy atom. The van der Waals surface area contributed by atoms with Crippen molar-refractivity contribution in [2.24, 2.45) is 0 Å². The van der Waals surface area contributed by atoms with Gasteiger partial charge in [-0.2, -0.15) is 0 Å². The van der Waals surface area contributed by atoms with Crippen molar-refractivity contribution in [3.05, 3.63) is 29.8 Å². The summed E-state index contributed by atoms with van der Waals surface area (Å²) >= 11 is 0. The summed E-state index contributed by atoms with van der Waals surface area (Å²) in [5.41, 5.74) is 1.32. The van der Waals surface area contributed by atoms with Gasteiger partial charge in [-0.3, -0.25) is 0 Å². The van der Waals surface area contributed by atoms with Gasteiger partial charge in [-0.1, -0.05) is 12.1 Å². The molecule has 0 bridgehead atoms. The molecule has 68 valence electrons. The molecule has 2 aliphatic heterocycles. The van der Waals surface area contributed by atoms with E-state index in [1.807, 2.05) is 12.1 Å². The summed E-state index contributed by atoms with van der Waals surface area (Å²) in [6.45, 7) is 2.11. The largest absolute Gasteiger partial charge is 0.508 e. The second-order valence-electron chi connectivity index (χ2n) is 3.84. The summed E-state index contributed by atoms with van der Waals surface area (Å²) in [6.07, 6.45) is 0. The van der Waals surface area contributed by atoms with Gasteiger partial charge >= 0.3 is 0 Å². The number of benzene rings is 1. The van der Waals surface area contributed by atoms with Gasteiger partial charge in [0.15, 0.2) is 0 Å². The van der Waals surface area contributed by atoms with Gasteiger partial charge in [0.25, 0.3) is 0 Å². The van der Waals surface area contributed by atoms with E-state index in [0.717, 1.165) is 13.1 Å². The Hall–Kier alpha value is -1.06. The topological polar surface area (TPSA) is 64.1 Å². The second-order valence-corrected chi connectivity index (χ2v) is 3.84. The summed E-state index contributed by atoms with van der Waals surface area (Å²) < 4.78 is 0. The molecule has 1 aromatic carbocycles. The van der Waals surface area contributed by atoms with Crippen LogP contribution in [0.2, 0.25) is 0 Å². The van der Waals surface area contributed by atoms with Crippen LogP contribution in [0.1, 0.15) is 5.56 Å². The number of phenolic OH excluding ortho intramolecular Hbond substituents is 1. The molecule has 3 nitrogen and oxygen atoms in total. The third-order valence-corrected chi connectivity index (χ3v) is 2.92. The molecule has 3 rings (SSSR count). The molecule has 3 heteroatoms. The molecule has 0 amide bonds. The average molecular weight is 176 g/mol. The van der Waals surface area contributed by atoms with Gasteiger partial charge in [0.05, 0.1) is 5.54 Å². The Labute approximate surface area is 76.8 Å². The van der Waals surface area contributed by atoms with Crippen LogP contribution in [0, 0.1) is 0 Å². The Morgan fingerprint density at radius 1 is 1.46 bits per heavy atom. The fraction of sp³-hybridized carbons (Fsp3) is 0.400. The number of hydrogen-bond acceptors (Lipinski definition) is 3. The van der Waals surface area contributed by atoms with Crippen LogP contribution in [0.25, 0.3) is 0 Å². The predicted octanol–water partition coefficient (Wildman–Crippen LogP) is 0.162. The average Bonchev–Trinajstić information content (AvgIpc) is 2.99. The monoisotopic (exact) mass is 176 g/mol.